The van der Waals surface area contributed by atoms with E-state index in [2.05, 4.69) is 31.7 Å². The molecule has 0 atom stereocenters. The third kappa shape index (κ3) is 4.59. The Labute approximate surface area is 197 Å². The van der Waals surface area contributed by atoms with Crippen molar-refractivity contribution in [2.45, 2.75) is 13.3 Å². The highest BCUT2D eigenvalue weighted by Crippen LogP contribution is 2.26. The van der Waals surface area contributed by atoms with Gasteiger partial charge in [0.15, 0.2) is 0 Å². The topological polar surface area (TPSA) is 85.6 Å². The van der Waals surface area contributed by atoms with Crippen molar-refractivity contribution in [3.63, 3.8) is 0 Å². The van der Waals surface area contributed by atoms with E-state index in [-0.39, 0.29) is 12.3 Å². The van der Waals surface area contributed by atoms with Crippen LogP contribution in [0.5, 0.6) is 0 Å². The third-order valence-electron chi connectivity index (χ3n) is 5.40. The van der Waals surface area contributed by atoms with Crippen LogP contribution in [0.25, 0.3) is 28.1 Å². The van der Waals surface area contributed by atoms with Crippen LogP contribution < -0.4 is 5.32 Å². The summed E-state index contributed by atoms with van der Waals surface area (Å²) in [6.07, 6.45) is 5.22. The first kappa shape index (κ1) is 21.2. The Morgan fingerprint density at radius 3 is 2.41 bits per heavy atom. The van der Waals surface area contributed by atoms with Gasteiger partial charge >= 0.3 is 0 Å². The molecule has 0 saturated heterocycles. The summed E-state index contributed by atoms with van der Waals surface area (Å²) in [6.45, 7) is 2.03. The predicted molar refractivity (Wildman–Crippen MR) is 131 cm³/mol. The van der Waals surface area contributed by atoms with Gasteiger partial charge in [-0.25, -0.2) is 9.67 Å². The Morgan fingerprint density at radius 2 is 1.68 bits per heavy atom. The standard InChI is InChI=1S/C27H22N6O/c1-19-6-5-9-21(16-19)27-24(31-32-33(27)23-12-14-28-15-13-23)17-26(34)30-25-11-10-22(18-29-25)20-7-3-2-4-8-20/h2-16,18H,17H2,1H3,(H,29,30,34). The summed E-state index contributed by atoms with van der Waals surface area (Å²) >= 11 is 0. The van der Waals surface area contributed by atoms with Gasteiger partial charge in [0, 0.05) is 29.7 Å². The Hall–Kier alpha value is -4.65. The second kappa shape index (κ2) is 9.46. The van der Waals surface area contributed by atoms with Gasteiger partial charge in [-0.05, 0) is 42.8 Å². The molecular formula is C27H22N6O. The lowest BCUT2D eigenvalue weighted by molar-refractivity contribution is -0.115. The van der Waals surface area contributed by atoms with Crippen molar-refractivity contribution in [3.05, 3.63) is 109 Å². The number of pyridine rings is 2. The summed E-state index contributed by atoms with van der Waals surface area (Å²) in [5, 5.41) is 11.6. The van der Waals surface area contributed by atoms with E-state index >= 15 is 0 Å². The molecule has 5 rings (SSSR count). The predicted octanol–water partition coefficient (Wildman–Crippen LogP) is 4.88. The number of nitrogens with one attached hydrogen (secondary N) is 1. The van der Waals surface area contributed by atoms with Gasteiger partial charge in [-0.15, -0.1) is 5.10 Å². The molecule has 34 heavy (non-hydrogen) atoms. The Kier molecular flexibility index (Phi) is 5.90. The van der Waals surface area contributed by atoms with Gasteiger partial charge in [0.1, 0.15) is 11.5 Å². The molecule has 7 nitrogen and oxygen atoms in total. The third-order valence-corrected chi connectivity index (χ3v) is 5.40. The normalized spacial score (nSPS) is 10.7. The number of carbonyl (C=O) groups excluding carboxylic acids is 1. The van der Waals surface area contributed by atoms with Gasteiger partial charge < -0.3 is 5.32 Å². The fraction of sp³-hybridized carbons (Fsp3) is 0.0741. The number of aromatic nitrogens is 5. The maximum absolute atomic E-state index is 12.9. The molecule has 0 bridgehead atoms. The summed E-state index contributed by atoms with van der Waals surface area (Å²) in [4.78, 5) is 21.4. The Morgan fingerprint density at radius 1 is 0.882 bits per heavy atom. The molecule has 1 amide bonds. The highest BCUT2D eigenvalue weighted by Gasteiger charge is 2.19. The van der Waals surface area contributed by atoms with E-state index in [0.717, 1.165) is 33.6 Å². The van der Waals surface area contributed by atoms with E-state index in [1.165, 1.54) is 0 Å². The van der Waals surface area contributed by atoms with Crippen LogP contribution in [0.2, 0.25) is 0 Å². The van der Waals surface area contributed by atoms with Crippen molar-refractivity contribution < 1.29 is 4.79 Å². The fourth-order valence-electron chi connectivity index (χ4n) is 3.79. The molecule has 0 spiro atoms. The highest BCUT2D eigenvalue weighted by atomic mass is 16.1. The molecule has 7 heteroatoms. The minimum Gasteiger partial charge on any atom is -0.310 e. The second-order valence-corrected chi connectivity index (χ2v) is 7.89. The van der Waals surface area contributed by atoms with Crippen LogP contribution >= 0.6 is 0 Å². The molecule has 166 valence electrons. The van der Waals surface area contributed by atoms with Crippen LogP contribution in [0.1, 0.15) is 11.3 Å². The van der Waals surface area contributed by atoms with Crippen LogP contribution in [0, 0.1) is 6.92 Å². The largest absolute Gasteiger partial charge is 0.310 e. The van der Waals surface area contributed by atoms with Crippen LogP contribution in [-0.2, 0) is 11.2 Å². The first-order valence-corrected chi connectivity index (χ1v) is 10.9. The van der Waals surface area contributed by atoms with Crippen molar-refractivity contribution in [1.82, 2.24) is 25.0 Å². The van der Waals surface area contributed by atoms with Gasteiger partial charge in [-0.3, -0.25) is 9.78 Å². The zero-order chi connectivity index (χ0) is 23.3. The first-order chi connectivity index (χ1) is 16.7. The summed E-state index contributed by atoms with van der Waals surface area (Å²) in [6, 6.07) is 25.5. The number of carbonyl (C=O) groups is 1. The summed E-state index contributed by atoms with van der Waals surface area (Å²) in [5.41, 5.74) is 6.29. The van der Waals surface area contributed by atoms with E-state index in [0.29, 0.717) is 11.5 Å². The number of hydrogen-bond donors (Lipinski definition) is 1. The average Bonchev–Trinajstić information content (AvgIpc) is 3.29. The molecule has 0 unspecified atom stereocenters. The van der Waals surface area contributed by atoms with E-state index in [9.17, 15) is 4.79 Å². The molecular weight excluding hydrogens is 424 g/mol. The van der Waals surface area contributed by atoms with Gasteiger partial charge in [0.2, 0.25) is 5.91 Å². The molecule has 1 N–H and O–H groups in total. The minimum absolute atomic E-state index is 0.0659. The maximum Gasteiger partial charge on any atom is 0.231 e. The van der Waals surface area contributed by atoms with E-state index < -0.39 is 0 Å². The number of hydrogen-bond acceptors (Lipinski definition) is 5. The highest BCUT2D eigenvalue weighted by molar-refractivity contribution is 5.92. The zero-order valence-electron chi connectivity index (χ0n) is 18.6. The molecule has 0 aliphatic heterocycles. The monoisotopic (exact) mass is 446 g/mol. The SMILES string of the molecule is Cc1cccc(-c2c(CC(=O)Nc3ccc(-c4ccccc4)cn3)nnn2-c2ccncc2)c1. The number of amides is 1. The Balaban J connectivity index is 1.40. The smallest absolute Gasteiger partial charge is 0.231 e. The van der Waals surface area contributed by atoms with Crippen molar-refractivity contribution in [2.24, 2.45) is 0 Å². The van der Waals surface area contributed by atoms with E-state index in [4.69, 9.17) is 0 Å². The summed E-state index contributed by atoms with van der Waals surface area (Å²) < 4.78 is 1.74. The molecule has 0 aliphatic rings. The number of benzene rings is 2. The lowest BCUT2D eigenvalue weighted by Gasteiger charge is -2.10. The van der Waals surface area contributed by atoms with Gasteiger partial charge in [-0.2, -0.15) is 0 Å². The molecule has 0 aliphatic carbocycles. The molecule has 0 fully saturated rings. The molecule has 2 aromatic carbocycles. The molecule has 3 heterocycles. The number of nitrogens with zero attached hydrogens (tertiary/aromatic N) is 5. The zero-order valence-corrected chi connectivity index (χ0v) is 18.6. The molecule has 3 aromatic heterocycles. The lowest BCUT2D eigenvalue weighted by atomic mass is 10.1. The van der Waals surface area contributed by atoms with E-state index in [1.54, 1.807) is 29.3 Å². The number of anilines is 1. The van der Waals surface area contributed by atoms with Crippen LogP contribution in [0.15, 0.2) is 97.5 Å². The van der Waals surface area contributed by atoms with Crippen molar-refractivity contribution >= 4 is 11.7 Å². The minimum atomic E-state index is -0.212. The Bertz CT molecular complexity index is 1410. The van der Waals surface area contributed by atoms with Gasteiger partial charge in [0.25, 0.3) is 0 Å². The van der Waals surface area contributed by atoms with Crippen molar-refractivity contribution in [1.29, 1.82) is 0 Å². The molecule has 0 saturated carbocycles. The van der Waals surface area contributed by atoms with E-state index in [1.807, 2.05) is 73.7 Å². The molecule has 0 radical (unpaired) electrons. The second-order valence-electron chi connectivity index (χ2n) is 7.89. The van der Waals surface area contributed by atoms with Gasteiger partial charge in [-0.1, -0.05) is 59.3 Å². The number of rotatable bonds is 6. The van der Waals surface area contributed by atoms with Crippen LogP contribution in [0.4, 0.5) is 5.82 Å². The molecule has 5 aromatic rings. The maximum atomic E-state index is 12.9. The number of aryl methyl sites for hydroxylation is 1. The first-order valence-electron chi connectivity index (χ1n) is 10.9. The quantitative estimate of drug-likeness (QED) is 0.402. The van der Waals surface area contributed by atoms with Crippen molar-refractivity contribution in [3.8, 4) is 28.1 Å². The van der Waals surface area contributed by atoms with Crippen LogP contribution in [0.3, 0.4) is 0 Å². The lowest BCUT2D eigenvalue weighted by Crippen LogP contribution is -2.16. The van der Waals surface area contributed by atoms with Gasteiger partial charge in [0.05, 0.1) is 17.8 Å². The van der Waals surface area contributed by atoms with Crippen LogP contribution in [-0.4, -0.2) is 30.9 Å². The van der Waals surface area contributed by atoms with Crippen molar-refractivity contribution in [2.75, 3.05) is 5.32 Å². The average molecular weight is 447 g/mol. The summed E-state index contributed by atoms with van der Waals surface area (Å²) in [5.74, 6) is 0.277. The summed E-state index contributed by atoms with van der Waals surface area (Å²) in [7, 11) is 0. The fourth-order valence-corrected chi connectivity index (χ4v) is 3.79.